The van der Waals surface area contributed by atoms with Crippen LogP contribution in [0.15, 0.2) is 24.3 Å². The minimum Gasteiger partial charge on any atom is -0.481 e. The van der Waals surface area contributed by atoms with Crippen LogP contribution >= 0.6 is 0 Å². The summed E-state index contributed by atoms with van der Waals surface area (Å²) >= 11 is 0. The maximum absolute atomic E-state index is 12.4. The predicted octanol–water partition coefficient (Wildman–Crippen LogP) is 2.35. The van der Waals surface area contributed by atoms with E-state index in [1.807, 2.05) is 31.2 Å². The molecule has 1 heterocycles. The van der Waals surface area contributed by atoms with E-state index in [2.05, 4.69) is 0 Å². The van der Waals surface area contributed by atoms with Gasteiger partial charge < -0.3 is 10.0 Å². The first-order valence-electron chi connectivity index (χ1n) is 6.81. The summed E-state index contributed by atoms with van der Waals surface area (Å²) in [5.41, 5.74) is 2.00. The van der Waals surface area contributed by atoms with E-state index in [4.69, 9.17) is 5.11 Å². The average molecular weight is 276 g/mol. The van der Waals surface area contributed by atoms with Crippen LogP contribution in [0.3, 0.4) is 0 Å². The molecular weight excluding hydrogens is 256 g/mol. The van der Waals surface area contributed by atoms with Crippen LogP contribution in [-0.2, 0) is 4.79 Å². The highest BCUT2D eigenvalue weighted by Crippen LogP contribution is 2.20. The third-order valence-corrected chi connectivity index (χ3v) is 3.82. The molecule has 108 valence electrons. The minimum absolute atomic E-state index is 0.0716. The molecule has 1 aliphatic rings. The molecule has 1 aromatic rings. The van der Waals surface area contributed by atoms with E-state index in [1.54, 1.807) is 16.8 Å². The fourth-order valence-corrected chi connectivity index (χ4v) is 2.41. The summed E-state index contributed by atoms with van der Waals surface area (Å²) < 4.78 is 0. The van der Waals surface area contributed by atoms with Crippen molar-refractivity contribution in [2.75, 3.05) is 25.0 Å². The van der Waals surface area contributed by atoms with Crippen LogP contribution in [0.25, 0.3) is 0 Å². The van der Waals surface area contributed by atoms with Crippen LogP contribution < -0.4 is 4.90 Å². The Labute approximate surface area is 118 Å². The largest absolute Gasteiger partial charge is 0.481 e. The zero-order valence-corrected chi connectivity index (χ0v) is 11.9. The molecule has 1 fully saturated rings. The van der Waals surface area contributed by atoms with Gasteiger partial charge in [-0.1, -0.05) is 17.7 Å². The maximum Gasteiger partial charge on any atom is 0.324 e. The van der Waals surface area contributed by atoms with Crippen molar-refractivity contribution in [2.45, 2.75) is 19.8 Å². The van der Waals surface area contributed by atoms with Gasteiger partial charge in [-0.2, -0.15) is 0 Å². The van der Waals surface area contributed by atoms with Gasteiger partial charge in [-0.25, -0.2) is 4.79 Å². The van der Waals surface area contributed by atoms with Gasteiger partial charge in [0, 0.05) is 25.8 Å². The van der Waals surface area contributed by atoms with Gasteiger partial charge >= 0.3 is 12.0 Å². The molecule has 5 nitrogen and oxygen atoms in total. The first-order valence-corrected chi connectivity index (χ1v) is 6.81. The molecule has 1 aliphatic heterocycles. The van der Waals surface area contributed by atoms with Crippen molar-refractivity contribution in [2.24, 2.45) is 5.92 Å². The highest BCUT2D eigenvalue weighted by molar-refractivity contribution is 5.91. The Kier molecular flexibility index (Phi) is 4.27. The molecule has 1 aromatic carbocycles. The topological polar surface area (TPSA) is 60.9 Å². The number of carbonyl (C=O) groups excluding carboxylic acids is 1. The average Bonchev–Trinajstić information content (AvgIpc) is 2.46. The Morgan fingerprint density at radius 1 is 1.20 bits per heavy atom. The third kappa shape index (κ3) is 3.10. The van der Waals surface area contributed by atoms with Crippen LogP contribution in [-0.4, -0.2) is 42.1 Å². The number of carboxylic acid groups (broad SMARTS) is 1. The van der Waals surface area contributed by atoms with Crippen molar-refractivity contribution in [3.05, 3.63) is 29.8 Å². The second-order valence-corrected chi connectivity index (χ2v) is 5.28. The van der Waals surface area contributed by atoms with E-state index in [0.717, 1.165) is 11.3 Å². The first-order chi connectivity index (χ1) is 9.49. The number of carbonyl (C=O) groups is 2. The third-order valence-electron chi connectivity index (χ3n) is 3.82. The van der Waals surface area contributed by atoms with Crippen LogP contribution in [0.4, 0.5) is 10.5 Å². The number of urea groups is 1. The summed E-state index contributed by atoms with van der Waals surface area (Å²) in [6, 6.07) is 7.69. The summed E-state index contributed by atoms with van der Waals surface area (Å²) in [7, 11) is 1.75. The van der Waals surface area contributed by atoms with Gasteiger partial charge in [-0.3, -0.25) is 9.69 Å². The van der Waals surface area contributed by atoms with Crippen LogP contribution in [0.5, 0.6) is 0 Å². The quantitative estimate of drug-likeness (QED) is 0.902. The molecule has 0 aromatic heterocycles. The van der Waals surface area contributed by atoms with Gasteiger partial charge in [-0.15, -0.1) is 0 Å². The SMILES string of the molecule is Cc1ccc(N(C)C(=O)N2CCC(C(=O)O)CC2)cc1. The van der Waals surface area contributed by atoms with Gasteiger partial charge in [0.25, 0.3) is 0 Å². The van der Waals surface area contributed by atoms with Crippen LogP contribution in [0.2, 0.25) is 0 Å². The number of carboxylic acids is 1. The number of benzene rings is 1. The number of likely N-dealkylation sites (tertiary alicyclic amines) is 1. The molecule has 5 heteroatoms. The molecule has 0 radical (unpaired) electrons. The Morgan fingerprint density at radius 3 is 2.25 bits per heavy atom. The van der Waals surface area contributed by atoms with Crippen molar-refractivity contribution in [1.82, 2.24) is 4.90 Å². The number of piperidine rings is 1. The fraction of sp³-hybridized carbons (Fsp3) is 0.467. The Balaban J connectivity index is 1.98. The number of hydrogen-bond acceptors (Lipinski definition) is 2. The standard InChI is InChI=1S/C15H20N2O3/c1-11-3-5-13(6-4-11)16(2)15(20)17-9-7-12(8-10-17)14(18)19/h3-6,12H,7-10H2,1-2H3,(H,18,19). The van der Waals surface area contributed by atoms with E-state index >= 15 is 0 Å². The van der Waals surface area contributed by atoms with Gasteiger partial charge in [0.05, 0.1) is 5.92 Å². The van der Waals surface area contributed by atoms with Crippen molar-refractivity contribution in [3.8, 4) is 0 Å². The number of nitrogens with zero attached hydrogens (tertiary/aromatic N) is 2. The van der Waals surface area contributed by atoms with Gasteiger partial charge in [-0.05, 0) is 31.9 Å². The Morgan fingerprint density at radius 2 is 1.75 bits per heavy atom. The Bertz CT molecular complexity index is 490. The summed E-state index contributed by atoms with van der Waals surface area (Å²) in [5.74, 6) is -1.08. The van der Waals surface area contributed by atoms with Gasteiger partial charge in [0.1, 0.15) is 0 Å². The zero-order chi connectivity index (χ0) is 14.7. The van der Waals surface area contributed by atoms with Crippen LogP contribution in [0.1, 0.15) is 18.4 Å². The lowest BCUT2D eigenvalue weighted by Gasteiger charge is -2.33. The summed E-state index contributed by atoms with van der Waals surface area (Å²) in [6.07, 6.45) is 1.06. The number of amides is 2. The molecule has 2 amide bonds. The summed E-state index contributed by atoms with van der Waals surface area (Å²) in [5, 5.41) is 8.96. The van der Waals surface area contributed by atoms with Crippen molar-refractivity contribution in [3.63, 3.8) is 0 Å². The Hall–Kier alpha value is -2.04. The van der Waals surface area contributed by atoms with E-state index in [-0.39, 0.29) is 11.9 Å². The van der Waals surface area contributed by atoms with Crippen LogP contribution in [0, 0.1) is 12.8 Å². The zero-order valence-electron chi connectivity index (χ0n) is 11.9. The molecule has 0 aliphatic carbocycles. The second-order valence-electron chi connectivity index (χ2n) is 5.28. The number of anilines is 1. The maximum atomic E-state index is 12.4. The first kappa shape index (κ1) is 14.4. The highest BCUT2D eigenvalue weighted by atomic mass is 16.4. The van der Waals surface area contributed by atoms with Gasteiger partial charge in [0.2, 0.25) is 0 Å². The lowest BCUT2D eigenvalue weighted by Crippen LogP contribution is -2.46. The molecular formula is C15H20N2O3. The van der Waals surface area contributed by atoms with Crippen molar-refractivity contribution < 1.29 is 14.7 Å². The number of aryl methyl sites for hydroxylation is 1. The minimum atomic E-state index is -0.760. The van der Waals surface area contributed by atoms with E-state index < -0.39 is 5.97 Å². The molecule has 0 unspecified atom stereocenters. The van der Waals surface area contributed by atoms with E-state index in [1.165, 1.54) is 0 Å². The van der Waals surface area contributed by atoms with Crippen molar-refractivity contribution in [1.29, 1.82) is 0 Å². The second kappa shape index (κ2) is 5.94. The molecule has 0 saturated carbocycles. The fourth-order valence-electron chi connectivity index (χ4n) is 2.41. The van der Waals surface area contributed by atoms with E-state index in [9.17, 15) is 9.59 Å². The summed E-state index contributed by atoms with van der Waals surface area (Å²) in [6.45, 7) is 3.01. The molecule has 2 rings (SSSR count). The van der Waals surface area contributed by atoms with Crippen molar-refractivity contribution >= 4 is 17.7 Å². The lowest BCUT2D eigenvalue weighted by atomic mass is 9.97. The molecule has 0 bridgehead atoms. The smallest absolute Gasteiger partial charge is 0.324 e. The highest BCUT2D eigenvalue weighted by Gasteiger charge is 2.28. The molecule has 1 N–H and O–H groups in total. The molecule has 1 saturated heterocycles. The monoisotopic (exact) mass is 276 g/mol. The molecule has 0 spiro atoms. The normalized spacial score (nSPS) is 16.0. The number of aliphatic carboxylic acids is 1. The van der Waals surface area contributed by atoms with Gasteiger partial charge in [0.15, 0.2) is 0 Å². The predicted molar refractivity (Wildman–Crippen MR) is 76.9 cm³/mol. The molecule has 20 heavy (non-hydrogen) atoms. The molecule has 0 atom stereocenters. The summed E-state index contributed by atoms with van der Waals surface area (Å²) in [4.78, 5) is 26.6. The lowest BCUT2D eigenvalue weighted by molar-refractivity contribution is -0.143. The number of hydrogen-bond donors (Lipinski definition) is 1. The number of rotatable bonds is 2. The van der Waals surface area contributed by atoms with E-state index in [0.29, 0.717) is 25.9 Å².